The number of anilines is 1. The van der Waals surface area contributed by atoms with Gasteiger partial charge in [-0.15, -0.1) is 0 Å². The van der Waals surface area contributed by atoms with Crippen molar-refractivity contribution in [2.45, 2.75) is 6.23 Å². The number of halogens is 1. The molecule has 3 rings (SSSR count). The average Bonchev–Trinajstić information content (AvgIpc) is 2.76. The Hall–Kier alpha value is -1.78. The van der Waals surface area contributed by atoms with E-state index in [2.05, 4.69) is 5.32 Å². The van der Waals surface area contributed by atoms with Crippen molar-refractivity contribution in [1.29, 1.82) is 0 Å². The van der Waals surface area contributed by atoms with Crippen LogP contribution in [0.15, 0.2) is 36.5 Å². The second-order valence-corrected chi connectivity index (χ2v) is 4.28. The van der Waals surface area contributed by atoms with E-state index in [0.717, 1.165) is 0 Å². The van der Waals surface area contributed by atoms with E-state index >= 15 is 0 Å². The number of carbonyl (C=O) groups is 1. The molecule has 86 valence electrons. The van der Waals surface area contributed by atoms with Gasteiger partial charge in [0.25, 0.3) is 5.91 Å². The van der Waals surface area contributed by atoms with Gasteiger partial charge in [0.05, 0.1) is 11.3 Å². The molecule has 0 spiro atoms. The summed E-state index contributed by atoms with van der Waals surface area (Å²) in [4.78, 5) is 12.2. The van der Waals surface area contributed by atoms with E-state index in [1.165, 1.54) is 4.57 Å². The fraction of sp³-hybridized carbons (Fsp3) is 0.0833. The van der Waals surface area contributed by atoms with E-state index in [-0.39, 0.29) is 5.91 Å². The van der Waals surface area contributed by atoms with Crippen molar-refractivity contribution in [2.24, 2.45) is 0 Å². The molecule has 1 aromatic carbocycles. The van der Waals surface area contributed by atoms with Crippen LogP contribution in [0.2, 0.25) is 5.02 Å². The summed E-state index contributed by atoms with van der Waals surface area (Å²) < 4.78 is 1.42. The molecule has 1 aromatic heterocycles. The minimum Gasteiger partial charge on any atom is -0.368 e. The summed E-state index contributed by atoms with van der Waals surface area (Å²) in [6.45, 7) is 0. The Kier molecular flexibility index (Phi) is 2.21. The molecule has 4 nitrogen and oxygen atoms in total. The maximum Gasteiger partial charge on any atom is 0.264 e. The van der Waals surface area contributed by atoms with Crippen molar-refractivity contribution < 1.29 is 9.90 Å². The van der Waals surface area contributed by atoms with Crippen LogP contribution in [-0.2, 0) is 0 Å². The number of hydrogen-bond donors (Lipinski definition) is 2. The number of nitrogens with zero attached hydrogens (tertiary/aromatic N) is 1. The van der Waals surface area contributed by atoms with Crippen LogP contribution in [0.25, 0.3) is 0 Å². The summed E-state index contributed by atoms with van der Waals surface area (Å²) in [6, 6.07) is 8.37. The van der Waals surface area contributed by atoms with E-state index in [9.17, 15) is 9.90 Å². The summed E-state index contributed by atoms with van der Waals surface area (Å²) in [6.07, 6.45) is 0.717. The molecule has 2 aromatic rings. The topological polar surface area (TPSA) is 54.3 Å². The molecule has 0 fully saturated rings. The van der Waals surface area contributed by atoms with Gasteiger partial charge in [-0.2, -0.15) is 0 Å². The van der Waals surface area contributed by atoms with Gasteiger partial charge in [-0.1, -0.05) is 11.6 Å². The Labute approximate surface area is 102 Å². The fourth-order valence-electron chi connectivity index (χ4n) is 1.97. The maximum atomic E-state index is 12.2. The molecule has 0 saturated carbocycles. The van der Waals surface area contributed by atoms with E-state index in [1.807, 2.05) is 0 Å². The van der Waals surface area contributed by atoms with Crippen molar-refractivity contribution in [2.75, 3.05) is 5.32 Å². The summed E-state index contributed by atoms with van der Waals surface area (Å²) in [5.41, 5.74) is 1.55. The van der Waals surface area contributed by atoms with Crippen molar-refractivity contribution in [3.05, 3.63) is 52.8 Å². The first kappa shape index (κ1) is 10.4. The van der Waals surface area contributed by atoms with Gasteiger partial charge in [0.2, 0.25) is 0 Å². The highest BCUT2D eigenvalue weighted by atomic mass is 35.5. The van der Waals surface area contributed by atoms with Crippen LogP contribution in [-0.4, -0.2) is 15.6 Å². The first-order chi connectivity index (χ1) is 8.16. The summed E-state index contributed by atoms with van der Waals surface area (Å²) in [7, 11) is 0. The predicted molar refractivity (Wildman–Crippen MR) is 64.2 cm³/mol. The van der Waals surface area contributed by atoms with Crippen LogP contribution >= 0.6 is 11.6 Å². The third-order valence-corrected chi connectivity index (χ3v) is 3.02. The maximum absolute atomic E-state index is 12.2. The number of carbonyl (C=O) groups excluding carboxylic acids is 1. The van der Waals surface area contributed by atoms with Crippen LogP contribution < -0.4 is 5.32 Å². The molecular formula is C12H9ClN2O2. The molecule has 1 unspecified atom stereocenters. The molecule has 1 atom stereocenters. The molecule has 2 N–H and O–H groups in total. The van der Waals surface area contributed by atoms with Gasteiger partial charge < -0.3 is 10.4 Å². The van der Waals surface area contributed by atoms with Gasteiger partial charge in [-0.05, 0) is 30.3 Å². The average molecular weight is 249 g/mol. The molecule has 5 heteroatoms. The number of nitrogens with one attached hydrogen (secondary N) is 1. The molecule has 1 aliphatic heterocycles. The monoisotopic (exact) mass is 248 g/mol. The molecular weight excluding hydrogens is 240 g/mol. The number of hydrogen-bond acceptors (Lipinski definition) is 3. The first-order valence-corrected chi connectivity index (χ1v) is 5.51. The standard InChI is InChI=1S/C12H9ClN2O2/c13-7-3-4-9-8(6-7)12(17)15-5-1-2-10(15)11(16)14-9/h1-6,11,14,16H. The van der Waals surface area contributed by atoms with E-state index in [0.29, 0.717) is 22.0 Å². The van der Waals surface area contributed by atoms with Gasteiger partial charge in [0, 0.05) is 16.9 Å². The Morgan fingerprint density at radius 2 is 2.18 bits per heavy atom. The lowest BCUT2D eigenvalue weighted by molar-refractivity contribution is 0.0950. The lowest BCUT2D eigenvalue weighted by Gasteiger charge is -2.11. The molecule has 2 heterocycles. The quantitative estimate of drug-likeness (QED) is 0.752. The van der Waals surface area contributed by atoms with Gasteiger partial charge in [-0.3, -0.25) is 9.36 Å². The van der Waals surface area contributed by atoms with Crippen molar-refractivity contribution >= 4 is 23.2 Å². The summed E-state index contributed by atoms with van der Waals surface area (Å²) >= 11 is 5.88. The van der Waals surface area contributed by atoms with Gasteiger partial charge in [0.1, 0.15) is 0 Å². The molecule has 0 aliphatic carbocycles. The van der Waals surface area contributed by atoms with Crippen LogP contribution in [0.1, 0.15) is 22.3 Å². The lowest BCUT2D eigenvalue weighted by Crippen LogP contribution is -2.14. The van der Waals surface area contributed by atoms with E-state index in [1.54, 1.807) is 36.5 Å². The van der Waals surface area contributed by atoms with Crippen molar-refractivity contribution in [3.8, 4) is 0 Å². The SMILES string of the molecule is O=C1c2cc(Cl)ccc2NC(O)c2cccn21. The molecule has 0 amide bonds. The van der Waals surface area contributed by atoms with Crippen LogP contribution in [0.5, 0.6) is 0 Å². The molecule has 0 bridgehead atoms. The number of fused-ring (bicyclic) bond motifs is 2. The first-order valence-electron chi connectivity index (χ1n) is 5.13. The second-order valence-electron chi connectivity index (χ2n) is 3.84. The Bertz CT molecular complexity index is 606. The highest BCUT2D eigenvalue weighted by molar-refractivity contribution is 6.31. The number of aliphatic hydroxyl groups is 1. The minimum absolute atomic E-state index is 0.202. The molecule has 1 aliphatic rings. The second kappa shape index (κ2) is 3.61. The zero-order chi connectivity index (χ0) is 12.0. The fourth-order valence-corrected chi connectivity index (χ4v) is 2.14. The van der Waals surface area contributed by atoms with Crippen LogP contribution in [0.4, 0.5) is 5.69 Å². The van der Waals surface area contributed by atoms with E-state index < -0.39 is 6.23 Å². The largest absolute Gasteiger partial charge is 0.368 e. The minimum atomic E-state index is -0.906. The Balaban J connectivity index is 2.25. The third-order valence-electron chi connectivity index (χ3n) is 2.78. The zero-order valence-corrected chi connectivity index (χ0v) is 9.48. The number of rotatable bonds is 0. The van der Waals surface area contributed by atoms with Crippen molar-refractivity contribution in [1.82, 2.24) is 4.57 Å². The highest BCUT2D eigenvalue weighted by Gasteiger charge is 2.24. The number of aliphatic hydroxyl groups excluding tert-OH is 1. The highest BCUT2D eigenvalue weighted by Crippen LogP contribution is 2.29. The molecule has 17 heavy (non-hydrogen) atoms. The number of benzene rings is 1. The van der Waals surface area contributed by atoms with Crippen molar-refractivity contribution in [3.63, 3.8) is 0 Å². The van der Waals surface area contributed by atoms with Gasteiger partial charge >= 0.3 is 0 Å². The van der Waals surface area contributed by atoms with E-state index in [4.69, 9.17) is 11.6 Å². The molecule has 0 radical (unpaired) electrons. The van der Waals surface area contributed by atoms with Crippen LogP contribution in [0.3, 0.4) is 0 Å². The van der Waals surface area contributed by atoms with Crippen LogP contribution in [0, 0.1) is 0 Å². The normalized spacial score (nSPS) is 18.0. The lowest BCUT2D eigenvalue weighted by atomic mass is 10.1. The Morgan fingerprint density at radius 1 is 1.35 bits per heavy atom. The molecule has 0 saturated heterocycles. The predicted octanol–water partition coefficient (Wildman–Crippen LogP) is 2.25. The van der Waals surface area contributed by atoms with Gasteiger partial charge in [0.15, 0.2) is 6.23 Å². The number of aromatic nitrogens is 1. The summed E-state index contributed by atoms with van der Waals surface area (Å²) in [5, 5.41) is 13.3. The third kappa shape index (κ3) is 1.53. The zero-order valence-electron chi connectivity index (χ0n) is 8.72. The smallest absolute Gasteiger partial charge is 0.264 e. The van der Waals surface area contributed by atoms with Gasteiger partial charge in [-0.25, -0.2) is 0 Å². The summed E-state index contributed by atoms with van der Waals surface area (Å²) in [5.74, 6) is -0.202. The Morgan fingerprint density at radius 3 is 3.00 bits per heavy atom.